The highest BCUT2D eigenvalue weighted by Gasteiger charge is 2.37. The van der Waals surface area contributed by atoms with Crippen molar-refractivity contribution in [1.82, 2.24) is 0 Å². The van der Waals surface area contributed by atoms with Gasteiger partial charge in [-0.2, -0.15) is 0 Å². The Morgan fingerprint density at radius 1 is 0.840 bits per heavy atom. The van der Waals surface area contributed by atoms with Gasteiger partial charge in [0.25, 0.3) is 5.91 Å². The van der Waals surface area contributed by atoms with Crippen molar-refractivity contribution in [2.75, 3.05) is 5.32 Å². The third kappa shape index (κ3) is 3.54. The summed E-state index contributed by atoms with van der Waals surface area (Å²) in [5.41, 5.74) is 6.64. The molecule has 0 aliphatic rings. The molecule has 0 bridgehead atoms. The molecule has 0 spiro atoms. The number of rotatable bonds is 6. The maximum absolute atomic E-state index is 12.0. The van der Waals surface area contributed by atoms with Gasteiger partial charge in [0.05, 0.1) is 0 Å². The van der Waals surface area contributed by atoms with Crippen molar-refractivity contribution in [3.8, 4) is 0 Å². The Labute approximate surface area is 146 Å². The van der Waals surface area contributed by atoms with E-state index in [-0.39, 0.29) is 0 Å². The zero-order valence-corrected chi connectivity index (χ0v) is 13.7. The van der Waals surface area contributed by atoms with Gasteiger partial charge in [-0.15, -0.1) is 0 Å². The van der Waals surface area contributed by atoms with Crippen molar-refractivity contribution in [2.45, 2.75) is 12.1 Å². The molecule has 0 aromatic heterocycles. The minimum Gasteiger partial charge on any atom is -0.381 e. The van der Waals surface area contributed by atoms with Crippen molar-refractivity contribution >= 4 is 11.6 Å². The Kier molecular flexibility index (Phi) is 4.82. The lowest BCUT2D eigenvalue weighted by molar-refractivity contribution is -0.133. The van der Waals surface area contributed by atoms with Crippen LogP contribution in [-0.2, 0) is 16.9 Å². The van der Waals surface area contributed by atoms with Gasteiger partial charge in [-0.1, -0.05) is 72.8 Å². The number of nitrogens with two attached hydrogens (primary N) is 1. The summed E-state index contributed by atoms with van der Waals surface area (Å²) in [6.07, 6.45) is 0. The topological polar surface area (TPSA) is 75.4 Å². The zero-order chi connectivity index (χ0) is 17.7. The third-order valence-electron chi connectivity index (χ3n) is 4.19. The summed E-state index contributed by atoms with van der Waals surface area (Å²) in [5.74, 6) is -0.797. The van der Waals surface area contributed by atoms with Crippen molar-refractivity contribution in [1.29, 1.82) is 0 Å². The Morgan fingerprint density at radius 3 is 1.92 bits per heavy atom. The van der Waals surface area contributed by atoms with Crippen LogP contribution in [0.15, 0.2) is 84.9 Å². The number of hydrogen-bond acceptors (Lipinski definition) is 3. The van der Waals surface area contributed by atoms with Crippen LogP contribution in [0, 0.1) is 0 Å². The van der Waals surface area contributed by atoms with Crippen LogP contribution in [0.4, 0.5) is 5.69 Å². The lowest BCUT2D eigenvalue weighted by Gasteiger charge is -2.26. The molecular weight excluding hydrogens is 312 g/mol. The molecule has 4 nitrogen and oxygen atoms in total. The van der Waals surface area contributed by atoms with E-state index in [1.54, 1.807) is 36.4 Å². The fourth-order valence-corrected chi connectivity index (χ4v) is 2.75. The SMILES string of the molecule is NC(=O)C(O)(c1ccccc1)c1ccc(CNc2ccccc2)cc1. The van der Waals surface area contributed by atoms with Gasteiger partial charge in [0, 0.05) is 12.2 Å². The number of anilines is 1. The van der Waals surface area contributed by atoms with Crippen molar-refractivity contribution in [3.05, 3.63) is 102 Å². The Hall–Kier alpha value is -3.11. The predicted molar refractivity (Wildman–Crippen MR) is 98.8 cm³/mol. The van der Waals surface area contributed by atoms with E-state index in [1.165, 1.54) is 0 Å². The van der Waals surface area contributed by atoms with E-state index >= 15 is 0 Å². The average molecular weight is 332 g/mol. The molecule has 1 atom stereocenters. The molecule has 0 heterocycles. The Morgan fingerprint density at radius 2 is 1.36 bits per heavy atom. The molecule has 0 aliphatic heterocycles. The van der Waals surface area contributed by atoms with E-state index in [9.17, 15) is 9.90 Å². The van der Waals surface area contributed by atoms with E-state index in [0.717, 1.165) is 11.3 Å². The van der Waals surface area contributed by atoms with Gasteiger partial charge in [-0.05, 0) is 28.8 Å². The van der Waals surface area contributed by atoms with Crippen LogP contribution in [0.5, 0.6) is 0 Å². The Bertz CT molecular complexity index is 833. The van der Waals surface area contributed by atoms with Crippen LogP contribution < -0.4 is 11.1 Å². The summed E-state index contributed by atoms with van der Waals surface area (Å²) in [6.45, 7) is 0.643. The first-order valence-corrected chi connectivity index (χ1v) is 8.07. The van der Waals surface area contributed by atoms with Crippen LogP contribution in [0.25, 0.3) is 0 Å². The maximum atomic E-state index is 12.0. The first kappa shape index (κ1) is 16.7. The second kappa shape index (κ2) is 7.20. The summed E-state index contributed by atoms with van der Waals surface area (Å²) in [5, 5.41) is 14.3. The highest BCUT2D eigenvalue weighted by atomic mass is 16.3. The summed E-state index contributed by atoms with van der Waals surface area (Å²) >= 11 is 0. The van der Waals surface area contributed by atoms with Crippen LogP contribution in [-0.4, -0.2) is 11.0 Å². The monoisotopic (exact) mass is 332 g/mol. The minimum absolute atomic E-state index is 0.453. The van der Waals surface area contributed by atoms with Gasteiger partial charge in [-0.25, -0.2) is 0 Å². The highest BCUT2D eigenvalue weighted by Crippen LogP contribution is 2.29. The number of amides is 1. The van der Waals surface area contributed by atoms with Gasteiger partial charge in [0.2, 0.25) is 0 Å². The zero-order valence-electron chi connectivity index (χ0n) is 13.7. The first-order chi connectivity index (χ1) is 12.1. The number of hydrogen-bond donors (Lipinski definition) is 3. The summed E-state index contributed by atoms with van der Waals surface area (Å²) in [7, 11) is 0. The molecule has 126 valence electrons. The number of benzene rings is 3. The van der Waals surface area contributed by atoms with Crippen LogP contribution in [0.3, 0.4) is 0 Å². The molecule has 25 heavy (non-hydrogen) atoms. The molecule has 0 saturated carbocycles. The highest BCUT2D eigenvalue weighted by molar-refractivity contribution is 5.88. The standard InChI is InChI=1S/C21H20N2O2/c22-20(24)21(25,17-7-3-1-4-8-17)18-13-11-16(12-14-18)15-23-19-9-5-2-6-10-19/h1-14,23,25H,15H2,(H2,22,24). The fourth-order valence-electron chi connectivity index (χ4n) is 2.75. The van der Waals surface area contributed by atoms with E-state index in [0.29, 0.717) is 17.7 Å². The number of primary amides is 1. The molecule has 0 aliphatic carbocycles. The van der Waals surface area contributed by atoms with Crippen molar-refractivity contribution in [2.24, 2.45) is 5.73 Å². The third-order valence-corrected chi connectivity index (χ3v) is 4.19. The maximum Gasteiger partial charge on any atom is 0.258 e. The van der Waals surface area contributed by atoms with Gasteiger partial charge in [0.15, 0.2) is 5.60 Å². The Balaban J connectivity index is 1.81. The molecule has 1 amide bonds. The molecular formula is C21H20N2O2. The van der Waals surface area contributed by atoms with Crippen LogP contribution >= 0.6 is 0 Å². The second-order valence-corrected chi connectivity index (χ2v) is 5.86. The molecule has 3 rings (SSSR count). The molecule has 4 N–H and O–H groups in total. The van der Waals surface area contributed by atoms with E-state index in [1.807, 2.05) is 48.5 Å². The van der Waals surface area contributed by atoms with E-state index in [4.69, 9.17) is 5.73 Å². The van der Waals surface area contributed by atoms with Gasteiger partial charge in [-0.3, -0.25) is 4.79 Å². The summed E-state index contributed by atoms with van der Waals surface area (Å²) < 4.78 is 0. The number of nitrogens with one attached hydrogen (secondary N) is 1. The summed E-state index contributed by atoms with van der Waals surface area (Å²) in [6, 6.07) is 25.9. The largest absolute Gasteiger partial charge is 0.381 e. The quantitative estimate of drug-likeness (QED) is 0.649. The number of carbonyl (C=O) groups excluding carboxylic acids is 1. The molecule has 3 aromatic rings. The molecule has 3 aromatic carbocycles. The van der Waals surface area contributed by atoms with Crippen LogP contribution in [0.1, 0.15) is 16.7 Å². The van der Waals surface area contributed by atoms with E-state index < -0.39 is 11.5 Å². The number of para-hydroxylation sites is 1. The fraction of sp³-hybridized carbons (Fsp3) is 0.0952. The molecule has 0 radical (unpaired) electrons. The smallest absolute Gasteiger partial charge is 0.258 e. The van der Waals surface area contributed by atoms with Gasteiger partial charge < -0.3 is 16.2 Å². The van der Waals surface area contributed by atoms with Gasteiger partial charge in [0.1, 0.15) is 0 Å². The van der Waals surface area contributed by atoms with Crippen LogP contribution in [0.2, 0.25) is 0 Å². The normalized spacial score (nSPS) is 13.0. The minimum atomic E-state index is -1.84. The van der Waals surface area contributed by atoms with E-state index in [2.05, 4.69) is 5.32 Å². The molecule has 0 saturated heterocycles. The predicted octanol–water partition coefficient (Wildman–Crippen LogP) is 3.02. The van der Waals surface area contributed by atoms with Crippen molar-refractivity contribution in [3.63, 3.8) is 0 Å². The lowest BCUT2D eigenvalue weighted by Crippen LogP contribution is -2.42. The molecule has 0 fully saturated rings. The first-order valence-electron chi connectivity index (χ1n) is 8.07. The van der Waals surface area contributed by atoms with Crippen molar-refractivity contribution < 1.29 is 9.90 Å². The summed E-state index contributed by atoms with van der Waals surface area (Å²) in [4.78, 5) is 12.0. The number of carbonyl (C=O) groups is 1. The van der Waals surface area contributed by atoms with Gasteiger partial charge >= 0.3 is 0 Å². The molecule has 1 unspecified atom stereocenters. The lowest BCUT2D eigenvalue weighted by atomic mass is 9.85. The molecule has 4 heteroatoms. The second-order valence-electron chi connectivity index (χ2n) is 5.86. The number of aliphatic hydroxyl groups is 1. The average Bonchev–Trinajstić information content (AvgIpc) is 2.67.